The van der Waals surface area contributed by atoms with Crippen molar-refractivity contribution in [3.05, 3.63) is 23.9 Å². The van der Waals surface area contributed by atoms with Crippen molar-refractivity contribution in [2.75, 3.05) is 25.5 Å². The van der Waals surface area contributed by atoms with E-state index < -0.39 is 0 Å². The van der Waals surface area contributed by atoms with E-state index in [9.17, 15) is 4.79 Å². The Morgan fingerprint density at radius 3 is 3.06 bits per heavy atom. The molecule has 1 rings (SSSR count). The predicted octanol–water partition coefficient (Wildman–Crippen LogP) is 1.21. The highest BCUT2D eigenvalue weighted by atomic mass is 16.5. The number of aromatic nitrogens is 1. The van der Waals surface area contributed by atoms with Crippen molar-refractivity contribution in [2.45, 2.75) is 19.8 Å². The molecule has 1 aromatic rings. The molecule has 1 aromatic heterocycles. The van der Waals surface area contributed by atoms with Gasteiger partial charge in [-0.15, -0.1) is 0 Å². The molecule has 5 nitrogen and oxygen atoms in total. The van der Waals surface area contributed by atoms with Crippen LogP contribution in [0.1, 0.15) is 30.1 Å². The average Bonchev–Trinajstić information content (AvgIpc) is 2.34. The van der Waals surface area contributed by atoms with Gasteiger partial charge in [0.05, 0.1) is 12.2 Å². The molecule has 0 aliphatic heterocycles. The van der Waals surface area contributed by atoms with Gasteiger partial charge in [0, 0.05) is 19.3 Å². The van der Waals surface area contributed by atoms with Crippen LogP contribution in [0, 0.1) is 0 Å². The second-order valence-electron chi connectivity index (χ2n) is 3.66. The maximum absolute atomic E-state index is 11.7. The third kappa shape index (κ3) is 4.82. The van der Waals surface area contributed by atoms with Gasteiger partial charge in [-0.1, -0.05) is 13.3 Å². The molecule has 0 aromatic carbocycles. The number of carbonyl (C=O) groups excluding carboxylic acids is 1. The molecule has 94 valence electrons. The number of pyridine rings is 1. The Morgan fingerprint density at radius 1 is 1.53 bits per heavy atom. The Kier molecular flexibility index (Phi) is 6.03. The number of nitrogens with two attached hydrogens (primary N) is 1. The van der Waals surface area contributed by atoms with Gasteiger partial charge in [-0.3, -0.25) is 4.79 Å². The minimum atomic E-state index is -0.213. The van der Waals surface area contributed by atoms with Crippen molar-refractivity contribution in [3.63, 3.8) is 0 Å². The highest BCUT2D eigenvalue weighted by molar-refractivity contribution is 5.98. The number of nitrogen functional groups attached to an aromatic ring is 1. The van der Waals surface area contributed by atoms with Crippen LogP contribution in [0.4, 0.5) is 5.82 Å². The van der Waals surface area contributed by atoms with Crippen molar-refractivity contribution in [2.24, 2.45) is 0 Å². The molecule has 5 heteroatoms. The number of rotatable bonds is 7. The molecule has 0 spiro atoms. The summed E-state index contributed by atoms with van der Waals surface area (Å²) in [5, 5.41) is 2.73. The highest BCUT2D eigenvalue weighted by Crippen LogP contribution is 2.05. The van der Waals surface area contributed by atoms with Crippen LogP contribution in [0.2, 0.25) is 0 Å². The smallest absolute Gasteiger partial charge is 0.255 e. The van der Waals surface area contributed by atoms with E-state index in [1.165, 1.54) is 0 Å². The number of ether oxygens (including phenoxy) is 1. The summed E-state index contributed by atoms with van der Waals surface area (Å²) in [6.45, 7) is 3.85. The first-order chi connectivity index (χ1) is 8.25. The zero-order valence-electron chi connectivity index (χ0n) is 10.1. The van der Waals surface area contributed by atoms with E-state index in [1.807, 2.05) is 0 Å². The Hall–Kier alpha value is -1.62. The van der Waals surface area contributed by atoms with Gasteiger partial charge in [-0.2, -0.15) is 0 Å². The fraction of sp³-hybridized carbons (Fsp3) is 0.500. The van der Waals surface area contributed by atoms with Crippen LogP contribution in [-0.2, 0) is 4.74 Å². The van der Waals surface area contributed by atoms with Crippen LogP contribution in [0.25, 0.3) is 0 Å². The van der Waals surface area contributed by atoms with Crippen LogP contribution in [0.3, 0.4) is 0 Å². The summed E-state index contributed by atoms with van der Waals surface area (Å²) in [6, 6.07) is 3.33. The third-order valence-electron chi connectivity index (χ3n) is 2.26. The van der Waals surface area contributed by atoms with Crippen molar-refractivity contribution in [3.8, 4) is 0 Å². The molecular formula is C12H19N3O2. The third-order valence-corrected chi connectivity index (χ3v) is 2.26. The topological polar surface area (TPSA) is 77.2 Å². The molecule has 0 radical (unpaired) electrons. The van der Waals surface area contributed by atoms with Gasteiger partial charge in [0.25, 0.3) is 5.91 Å². The Bertz CT molecular complexity index is 355. The quantitative estimate of drug-likeness (QED) is 0.699. The lowest BCUT2D eigenvalue weighted by Crippen LogP contribution is -2.28. The molecule has 0 bridgehead atoms. The number of nitrogens with zero attached hydrogens (tertiary/aromatic N) is 1. The maximum Gasteiger partial charge on any atom is 0.255 e. The van der Waals surface area contributed by atoms with E-state index in [-0.39, 0.29) is 11.7 Å². The molecule has 0 aliphatic carbocycles. The Labute approximate surface area is 101 Å². The first kappa shape index (κ1) is 13.4. The molecule has 0 aliphatic rings. The molecule has 3 N–H and O–H groups in total. The summed E-state index contributed by atoms with van der Waals surface area (Å²) >= 11 is 0. The Balaban J connectivity index is 2.24. The minimum absolute atomic E-state index is 0.213. The minimum Gasteiger partial charge on any atom is -0.383 e. The van der Waals surface area contributed by atoms with E-state index in [0.29, 0.717) is 18.7 Å². The molecule has 1 heterocycles. The molecule has 0 fully saturated rings. The lowest BCUT2D eigenvalue weighted by Gasteiger charge is -2.07. The monoisotopic (exact) mass is 237 g/mol. The van der Waals surface area contributed by atoms with E-state index in [4.69, 9.17) is 10.5 Å². The normalized spacial score (nSPS) is 10.2. The molecule has 0 atom stereocenters. The first-order valence-corrected chi connectivity index (χ1v) is 5.82. The SMILES string of the molecule is CCCCOCCNC(=O)c1cccnc1N. The van der Waals surface area contributed by atoms with E-state index >= 15 is 0 Å². The van der Waals surface area contributed by atoms with Crippen LogP contribution in [0.15, 0.2) is 18.3 Å². The van der Waals surface area contributed by atoms with E-state index in [2.05, 4.69) is 17.2 Å². The van der Waals surface area contributed by atoms with Gasteiger partial charge in [0.2, 0.25) is 0 Å². The average molecular weight is 237 g/mol. The summed E-state index contributed by atoms with van der Waals surface area (Å²) in [7, 11) is 0. The standard InChI is InChI=1S/C12H19N3O2/c1-2-3-8-17-9-7-15-12(16)10-5-4-6-14-11(10)13/h4-6H,2-3,7-9H2,1H3,(H2,13,14)(H,15,16). The first-order valence-electron chi connectivity index (χ1n) is 5.82. The van der Waals surface area contributed by atoms with Crippen LogP contribution >= 0.6 is 0 Å². The molecule has 1 amide bonds. The van der Waals surface area contributed by atoms with Crippen molar-refractivity contribution in [1.29, 1.82) is 0 Å². The fourth-order valence-electron chi connectivity index (χ4n) is 1.29. The second-order valence-corrected chi connectivity index (χ2v) is 3.66. The van der Waals surface area contributed by atoms with Crippen molar-refractivity contribution in [1.82, 2.24) is 10.3 Å². The number of hydrogen-bond acceptors (Lipinski definition) is 4. The van der Waals surface area contributed by atoms with Crippen LogP contribution in [0.5, 0.6) is 0 Å². The number of unbranched alkanes of at least 4 members (excludes halogenated alkanes) is 1. The largest absolute Gasteiger partial charge is 0.383 e. The lowest BCUT2D eigenvalue weighted by atomic mass is 10.2. The number of carbonyl (C=O) groups is 1. The van der Waals surface area contributed by atoms with E-state index in [0.717, 1.165) is 19.4 Å². The van der Waals surface area contributed by atoms with Crippen molar-refractivity contribution < 1.29 is 9.53 Å². The molecular weight excluding hydrogens is 218 g/mol. The number of nitrogens with one attached hydrogen (secondary N) is 1. The summed E-state index contributed by atoms with van der Waals surface area (Å²) in [5.41, 5.74) is 5.99. The molecule has 17 heavy (non-hydrogen) atoms. The summed E-state index contributed by atoms with van der Waals surface area (Å²) in [6.07, 6.45) is 3.71. The summed E-state index contributed by atoms with van der Waals surface area (Å²) in [5.74, 6) is 0.0339. The van der Waals surface area contributed by atoms with Gasteiger partial charge >= 0.3 is 0 Å². The number of amides is 1. The Morgan fingerprint density at radius 2 is 2.35 bits per heavy atom. The van der Waals surface area contributed by atoms with Crippen LogP contribution < -0.4 is 11.1 Å². The summed E-state index contributed by atoms with van der Waals surface area (Å²) in [4.78, 5) is 15.5. The van der Waals surface area contributed by atoms with Gasteiger partial charge < -0.3 is 15.8 Å². The number of anilines is 1. The second kappa shape index (κ2) is 7.62. The molecule has 0 unspecified atom stereocenters. The highest BCUT2D eigenvalue weighted by Gasteiger charge is 2.08. The van der Waals surface area contributed by atoms with Crippen molar-refractivity contribution >= 4 is 11.7 Å². The van der Waals surface area contributed by atoms with Gasteiger partial charge in [0.1, 0.15) is 5.82 Å². The van der Waals surface area contributed by atoms with Crippen LogP contribution in [-0.4, -0.2) is 30.6 Å². The maximum atomic E-state index is 11.7. The zero-order chi connectivity index (χ0) is 12.5. The predicted molar refractivity (Wildman–Crippen MR) is 66.7 cm³/mol. The lowest BCUT2D eigenvalue weighted by molar-refractivity contribution is 0.0913. The molecule has 0 saturated carbocycles. The molecule has 0 saturated heterocycles. The fourth-order valence-corrected chi connectivity index (χ4v) is 1.29. The van der Waals surface area contributed by atoms with E-state index in [1.54, 1.807) is 18.3 Å². The summed E-state index contributed by atoms with van der Waals surface area (Å²) < 4.78 is 5.33. The zero-order valence-corrected chi connectivity index (χ0v) is 10.1. The number of hydrogen-bond donors (Lipinski definition) is 2. The van der Waals surface area contributed by atoms with Gasteiger partial charge in [0.15, 0.2) is 0 Å². The van der Waals surface area contributed by atoms with Gasteiger partial charge in [-0.05, 0) is 18.6 Å². The van der Waals surface area contributed by atoms with Gasteiger partial charge in [-0.25, -0.2) is 4.98 Å².